The maximum absolute atomic E-state index is 12.4. The topological polar surface area (TPSA) is 73.6 Å². The van der Waals surface area contributed by atoms with Crippen molar-refractivity contribution in [3.8, 4) is 11.5 Å². The van der Waals surface area contributed by atoms with Crippen LogP contribution in [0.3, 0.4) is 0 Å². The molecular formula is C14H18N2O3S. The van der Waals surface area contributed by atoms with Crippen LogP contribution in [0.5, 0.6) is 11.5 Å². The molecule has 5 nitrogen and oxygen atoms in total. The second-order valence-electron chi connectivity index (χ2n) is 4.76. The lowest BCUT2D eigenvalue weighted by atomic mass is 10.1. The summed E-state index contributed by atoms with van der Waals surface area (Å²) in [5.41, 5.74) is 6.10. The summed E-state index contributed by atoms with van der Waals surface area (Å²) >= 11 is 5.02. The molecule has 1 aromatic rings. The number of rotatable bonds is 6. The lowest BCUT2D eigenvalue weighted by Gasteiger charge is -2.18. The van der Waals surface area contributed by atoms with Crippen molar-refractivity contribution in [1.82, 2.24) is 5.32 Å². The van der Waals surface area contributed by atoms with Crippen molar-refractivity contribution >= 4 is 23.1 Å². The van der Waals surface area contributed by atoms with Crippen LogP contribution >= 0.6 is 12.2 Å². The Hall–Kier alpha value is -1.82. The standard InChI is InChI=1S/C14H18N2O3S/c1-18-9-5-6-11(19-2)10(7-9)14(17)16-12(13(15)20)8-3-4-8/h5-8,12H,3-4H2,1-2H3,(H2,15,20)(H,16,17). The molecule has 0 bridgehead atoms. The van der Waals surface area contributed by atoms with E-state index in [1.54, 1.807) is 25.3 Å². The van der Waals surface area contributed by atoms with Gasteiger partial charge in [0.25, 0.3) is 5.91 Å². The van der Waals surface area contributed by atoms with E-state index in [2.05, 4.69) is 5.32 Å². The second kappa shape index (κ2) is 6.09. The van der Waals surface area contributed by atoms with Crippen LogP contribution in [0.2, 0.25) is 0 Å². The van der Waals surface area contributed by atoms with Crippen LogP contribution in [-0.4, -0.2) is 31.2 Å². The van der Waals surface area contributed by atoms with Gasteiger partial charge in [0, 0.05) is 0 Å². The van der Waals surface area contributed by atoms with Crippen molar-refractivity contribution in [2.75, 3.05) is 14.2 Å². The van der Waals surface area contributed by atoms with Crippen LogP contribution in [-0.2, 0) is 0 Å². The molecule has 1 aliphatic carbocycles. The molecule has 1 aliphatic rings. The van der Waals surface area contributed by atoms with Crippen LogP contribution in [0, 0.1) is 5.92 Å². The number of carbonyl (C=O) groups excluding carboxylic acids is 1. The molecule has 2 rings (SSSR count). The zero-order valence-corrected chi connectivity index (χ0v) is 12.3. The van der Waals surface area contributed by atoms with E-state index < -0.39 is 0 Å². The van der Waals surface area contributed by atoms with Gasteiger partial charge in [-0.3, -0.25) is 4.79 Å². The Labute approximate surface area is 123 Å². The molecule has 0 radical (unpaired) electrons. The highest BCUT2D eigenvalue weighted by molar-refractivity contribution is 7.80. The van der Waals surface area contributed by atoms with Gasteiger partial charge in [-0.05, 0) is 37.0 Å². The third-order valence-electron chi connectivity index (χ3n) is 3.34. The van der Waals surface area contributed by atoms with Gasteiger partial charge in [-0.15, -0.1) is 0 Å². The summed E-state index contributed by atoms with van der Waals surface area (Å²) in [5, 5.41) is 2.88. The maximum Gasteiger partial charge on any atom is 0.255 e. The average Bonchev–Trinajstić information content (AvgIpc) is 3.27. The van der Waals surface area contributed by atoms with Crippen molar-refractivity contribution in [2.24, 2.45) is 11.7 Å². The smallest absolute Gasteiger partial charge is 0.255 e. The number of thiocarbonyl (C=S) groups is 1. The highest BCUT2D eigenvalue weighted by Gasteiger charge is 2.34. The van der Waals surface area contributed by atoms with Crippen molar-refractivity contribution in [3.05, 3.63) is 23.8 Å². The molecule has 0 heterocycles. The SMILES string of the molecule is COc1ccc(OC)c(C(=O)NC(C(N)=S)C2CC2)c1. The number of carbonyl (C=O) groups is 1. The minimum absolute atomic E-state index is 0.256. The molecule has 6 heteroatoms. The summed E-state index contributed by atoms with van der Waals surface area (Å²) in [5.74, 6) is 1.17. The molecule has 0 spiro atoms. The van der Waals surface area contributed by atoms with Gasteiger partial charge in [0.05, 0.1) is 30.8 Å². The van der Waals surface area contributed by atoms with Gasteiger partial charge in [-0.25, -0.2) is 0 Å². The summed E-state index contributed by atoms with van der Waals surface area (Å²) in [6.07, 6.45) is 2.08. The summed E-state index contributed by atoms with van der Waals surface area (Å²) < 4.78 is 10.3. The Kier molecular flexibility index (Phi) is 4.44. The Bertz CT molecular complexity index is 529. The number of benzene rings is 1. The molecule has 1 amide bonds. The largest absolute Gasteiger partial charge is 0.497 e. The van der Waals surface area contributed by atoms with Gasteiger partial charge in [0.1, 0.15) is 11.5 Å². The van der Waals surface area contributed by atoms with Crippen LogP contribution in [0.1, 0.15) is 23.2 Å². The highest BCUT2D eigenvalue weighted by atomic mass is 32.1. The van der Waals surface area contributed by atoms with Crippen LogP contribution < -0.4 is 20.5 Å². The molecule has 0 saturated heterocycles. The number of amides is 1. The zero-order chi connectivity index (χ0) is 14.7. The fourth-order valence-electron chi connectivity index (χ4n) is 2.06. The molecule has 108 valence electrons. The molecule has 1 saturated carbocycles. The Balaban J connectivity index is 2.20. The van der Waals surface area contributed by atoms with E-state index in [9.17, 15) is 4.79 Å². The first kappa shape index (κ1) is 14.6. The highest BCUT2D eigenvalue weighted by Crippen LogP contribution is 2.33. The predicted octanol–water partition coefficient (Wildman–Crippen LogP) is 1.50. The number of ether oxygens (including phenoxy) is 2. The van der Waals surface area contributed by atoms with E-state index in [-0.39, 0.29) is 11.9 Å². The van der Waals surface area contributed by atoms with E-state index >= 15 is 0 Å². The quantitative estimate of drug-likeness (QED) is 0.778. The fourth-order valence-corrected chi connectivity index (χ4v) is 2.31. The molecule has 20 heavy (non-hydrogen) atoms. The fraction of sp³-hybridized carbons (Fsp3) is 0.429. The van der Waals surface area contributed by atoms with Crippen molar-refractivity contribution in [2.45, 2.75) is 18.9 Å². The number of nitrogens with one attached hydrogen (secondary N) is 1. The molecule has 0 aliphatic heterocycles. The van der Waals surface area contributed by atoms with E-state index in [4.69, 9.17) is 27.4 Å². The first-order chi connectivity index (χ1) is 9.56. The van der Waals surface area contributed by atoms with Gasteiger partial charge in [-0.1, -0.05) is 12.2 Å². The third-order valence-corrected chi connectivity index (χ3v) is 3.59. The maximum atomic E-state index is 12.4. The molecule has 1 fully saturated rings. The summed E-state index contributed by atoms with van der Waals surface area (Å²) in [7, 11) is 3.07. The average molecular weight is 294 g/mol. The normalized spacial score (nSPS) is 15.3. The van der Waals surface area contributed by atoms with E-state index in [1.165, 1.54) is 7.11 Å². The second-order valence-corrected chi connectivity index (χ2v) is 5.23. The van der Waals surface area contributed by atoms with Gasteiger partial charge in [0.2, 0.25) is 0 Å². The monoisotopic (exact) mass is 294 g/mol. The molecule has 1 atom stereocenters. The van der Waals surface area contributed by atoms with E-state index in [1.807, 2.05) is 0 Å². The number of nitrogens with two attached hydrogens (primary N) is 1. The van der Waals surface area contributed by atoms with E-state index in [0.29, 0.717) is 28.0 Å². The minimum Gasteiger partial charge on any atom is -0.497 e. The minimum atomic E-state index is -0.259. The summed E-state index contributed by atoms with van der Waals surface area (Å²) in [6, 6.07) is 4.81. The Morgan fingerprint density at radius 3 is 2.60 bits per heavy atom. The molecular weight excluding hydrogens is 276 g/mol. The van der Waals surface area contributed by atoms with Gasteiger partial charge >= 0.3 is 0 Å². The van der Waals surface area contributed by atoms with Crippen LogP contribution in [0.15, 0.2) is 18.2 Å². The number of methoxy groups -OCH3 is 2. The lowest BCUT2D eigenvalue weighted by Crippen LogP contribution is -2.45. The molecule has 1 unspecified atom stereocenters. The van der Waals surface area contributed by atoms with Crippen molar-refractivity contribution < 1.29 is 14.3 Å². The summed E-state index contributed by atoms with van der Waals surface area (Å²) in [6.45, 7) is 0. The number of hydrogen-bond acceptors (Lipinski definition) is 4. The van der Waals surface area contributed by atoms with E-state index in [0.717, 1.165) is 12.8 Å². The number of hydrogen-bond donors (Lipinski definition) is 2. The Morgan fingerprint density at radius 1 is 1.40 bits per heavy atom. The lowest BCUT2D eigenvalue weighted by molar-refractivity contribution is 0.0940. The van der Waals surface area contributed by atoms with Gasteiger partial charge < -0.3 is 20.5 Å². The molecule has 1 aromatic carbocycles. The summed E-state index contributed by atoms with van der Waals surface area (Å²) in [4.78, 5) is 12.7. The predicted molar refractivity (Wildman–Crippen MR) is 80.3 cm³/mol. The zero-order valence-electron chi connectivity index (χ0n) is 11.5. The van der Waals surface area contributed by atoms with Gasteiger partial charge in [-0.2, -0.15) is 0 Å². The van der Waals surface area contributed by atoms with Crippen molar-refractivity contribution in [1.29, 1.82) is 0 Å². The third kappa shape index (κ3) is 3.19. The van der Waals surface area contributed by atoms with Crippen molar-refractivity contribution in [3.63, 3.8) is 0 Å². The first-order valence-corrected chi connectivity index (χ1v) is 6.80. The first-order valence-electron chi connectivity index (χ1n) is 6.39. The van der Waals surface area contributed by atoms with Crippen LogP contribution in [0.25, 0.3) is 0 Å². The van der Waals surface area contributed by atoms with Crippen LogP contribution in [0.4, 0.5) is 0 Å². The molecule has 0 aromatic heterocycles. The Morgan fingerprint density at radius 2 is 2.10 bits per heavy atom. The van der Waals surface area contributed by atoms with Gasteiger partial charge in [0.15, 0.2) is 0 Å². The molecule has 3 N–H and O–H groups in total.